The summed E-state index contributed by atoms with van der Waals surface area (Å²) in [6.45, 7) is 12.2. The van der Waals surface area contributed by atoms with Crippen molar-refractivity contribution >= 4 is 0 Å². The number of hydrogen-bond donors (Lipinski definition) is 0. The Balaban J connectivity index is 2.93. The molecule has 0 saturated carbocycles. The zero-order valence-corrected chi connectivity index (χ0v) is 16.1. The van der Waals surface area contributed by atoms with E-state index in [2.05, 4.69) is 13.8 Å². The van der Waals surface area contributed by atoms with Gasteiger partial charge in [-0.1, -0.05) is 20.3 Å². The molecular weight excluding hydrogens is 308 g/mol. The first kappa shape index (κ1) is 23.8. The fourth-order valence-corrected chi connectivity index (χ4v) is 1.95. The monoisotopic (exact) mass is 348 g/mol. The molecule has 0 rings (SSSR count). The lowest BCUT2D eigenvalue weighted by Crippen LogP contribution is -2.07. The van der Waals surface area contributed by atoms with Crippen molar-refractivity contribution in [1.29, 1.82) is 0 Å². The van der Waals surface area contributed by atoms with Crippen LogP contribution >= 0.6 is 0 Å². The van der Waals surface area contributed by atoms with Gasteiger partial charge in [-0.3, -0.25) is 0 Å². The molecule has 0 heterocycles. The second-order valence-electron chi connectivity index (χ2n) is 5.83. The molecule has 5 heteroatoms. The fourth-order valence-electron chi connectivity index (χ4n) is 1.95. The van der Waals surface area contributed by atoms with Gasteiger partial charge in [0.1, 0.15) is 0 Å². The third-order valence-corrected chi connectivity index (χ3v) is 3.30. The zero-order valence-electron chi connectivity index (χ0n) is 16.1. The van der Waals surface area contributed by atoms with Crippen LogP contribution < -0.4 is 0 Å². The van der Waals surface area contributed by atoms with E-state index in [1.807, 2.05) is 0 Å². The fraction of sp³-hybridized carbons (Fsp3) is 1.00. The van der Waals surface area contributed by atoms with Crippen LogP contribution in [-0.4, -0.2) is 66.1 Å². The van der Waals surface area contributed by atoms with E-state index >= 15 is 0 Å². The molecule has 0 spiro atoms. The lowest BCUT2D eigenvalue weighted by atomic mass is 10.4. The number of rotatable bonds is 21. The highest BCUT2D eigenvalue weighted by molar-refractivity contribution is 4.41. The first-order valence-corrected chi connectivity index (χ1v) is 9.80. The third kappa shape index (κ3) is 21.8. The Morgan fingerprint density at radius 2 is 0.625 bits per heavy atom. The summed E-state index contributed by atoms with van der Waals surface area (Å²) >= 11 is 0. The summed E-state index contributed by atoms with van der Waals surface area (Å²) < 4.78 is 27.5. The maximum absolute atomic E-state index is 5.56. The lowest BCUT2D eigenvalue weighted by molar-refractivity contribution is 0.0489. The summed E-state index contributed by atoms with van der Waals surface area (Å²) in [5.41, 5.74) is 0. The van der Waals surface area contributed by atoms with Gasteiger partial charge in [0.25, 0.3) is 0 Å². The number of hydrogen-bond acceptors (Lipinski definition) is 5. The predicted octanol–water partition coefficient (Wildman–Crippen LogP) is 3.84. The first-order valence-electron chi connectivity index (χ1n) is 9.80. The van der Waals surface area contributed by atoms with E-state index in [-0.39, 0.29) is 0 Å². The molecule has 0 aromatic heterocycles. The summed E-state index contributed by atoms with van der Waals surface area (Å²) in [4.78, 5) is 0. The van der Waals surface area contributed by atoms with Gasteiger partial charge in [-0.2, -0.15) is 0 Å². The van der Waals surface area contributed by atoms with Gasteiger partial charge >= 0.3 is 0 Å². The van der Waals surface area contributed by atoms with Gasteiger partial charge in [0, 0.05) is 66.1 Å². The number of ether oxygens (including phenoxy) is 5. The Bertz CT molecular complexity index is 192. The van der Waals surface area contributed by atoms with Gasteiger partial charge in [-0.05, 0) is 38.5 Å². The largest absolute Gasteiger partial charge is 0.381 e. The van der Waals surface area contributed by atoms with Crippen LogP contribution in [0, 0.1) is 0 Å². The maximum atomic E-state index is 5.56. The second kappa shape index (κ2) is 22.8. The molecule has 5 nitrogen and oxygen atoms in total. The summed E-state index contributed by atoms with van der Waals surface area (Å²) in [7, 11) is 0. The maximum Gasteiger partial charge on any atom is 0.0488 e. The number of unbranched alkanes of at least 4 members (excludes halogenated alkanes) is 1. The van der Waals surface area contributed by atoms with Gasteiger partial charge in [0.15, 0.2) is 0 Å². The second-order valence-corrected chi connectivity index (χ2v) is 5.83. The van der Waals surface area contributed by atoms with Gasteiger partial charge in [-0.25, -0.2) is 0 Å². The molecule has 0 N–H and O–H groups in total. The van der Waals surface area contributed by atoms with Crippen LogP contribution in [0.15, 0.2) is 0 Å². The molecule has 0 aliphatic rings. The van der Waals surface area contributed by atoms with Crippen molar-refractivity contribution in [2.45, 2.75) is 58.8 Å². The van der Waals surface area contributed by atoms with Crippen LogP contribution in [0.5, 0.6) is 0 Å². The molecule has 24 heavy (non-hydrogen) atoms. The molecule has 0 atom stereocenters. The van der Waals surface area contributed by atoms with Crippen molar-refractivity contribution < 1.29 is 23.7 Å². The normalized spacial score (nSPS) is 11.2. The average Bonchev–Trinajstić information content (AvgIpc) is 2.60. The molecule has 146 valence electrons. The summed E-state index contributed by atoms with van der Waals surface area (Å²) in [6, 6.07) is 0. The predicted molar refractivity (Wildman–Crippen MR) is 97.8 cm³/mol. The lowest BCUT2D eigenvalue weighted by Gasteiger charge is -2.07. The SMILES string of the molecule is CCCCOCCCOCCCOCCCOCCCOCCC. The topological polar surface area (TPSA) is 46.2 Å². The minimum absolute atomic E-state index is 0.762. The van der Waals surface area contributed by atoms with Crippen molar-refractivity contribution in [3.63, 3.8) is 0 Å². The molecule has 0 bridgehead atoms. The molecule has 0 saturated heterocycles. The zero-order chi connectivity index (χ0) is 17.6. The molecule has 0 radical (unpaired) electrons. The van der Waals surface area contributed by atoms with E-state index in [9.17, 15) is 0 Å². The van der Waals surface area contributed by atoms with Crippen LogP contribution in [0.2, 0.25) is 0 Å². The van der Waals surface area contributed by atoms with Crippen LogP contribution in [0.1, 0.15) is 58.8 Å². The van der Waals surface area contributed by atoms with E-state index < -0.39 is 0 Å². The van der Waals surface area contributed by atoms with E-state index in [4.69, 9.17) is 23.7 Å². The van der Waals surface area contributed by atoms with Gasteiger partial charge in [0.05, 0.1) is 0 Å². The van der Waals surface area contributed by atoms with Crippen LogP contribution in [0.25, 0.3) is 0 Å². The molecule has 0 unspecified atom stereocenters. The molecule has 0 aromatic carbocycles. The Morgan fingerprint density at radius 3 is 0.917 bits per heavy atom. The minimum atomic E-state index is 0.762. The van der Waals surface area contributed by atoms with Crippen molar-refractivity contribution in [2.75, 3.05) is 66.1 Å². The molecule has 0 aliphatic carbocycles. The van der Waals surface area contributed by atoms with E-state index in [1.165, 1.54) is 6.42 Å². The van der Waals surface area contributed by atoms with E-state index in [0.29, 0.717) is 0 Å². The Labute approximate surface area is 149 Å². The molecule has 0 fully saturated rings. The van der Waals surface area contributed by atoms with E-state index in [1.54, 1.807) is 0 Å². The standard InChI is InChI=1S/C19H40O5/c1-3-5-11-21-13-7-15-23-17-9-19-24-18-8-16-22-14-6-12-20-10-4-2/h3-19H2,1-2H3. The third-order valence-electron chi connectivity index (χ3n) is 3.30. The summed E-state index contributed by atoms with van der Waals surface area (Å²) in [5, 5.41) is 0. The van der Waals surface area contributed by atoms with Crippen LogP contribution in [0.4, 0.5) is 0 Å². The molecule has 0 aromatic rings. The molecule has 0 amide bonds. The highest BCUT2D eigenvalue weighted by atomic mass is 16.5. The first-order chi connectivity index (χ1) is 11.9. The smallest absolute Gasteiger partial charge is 0.0488 e. The van der Waals surface area contributed by atoms with Crippen molar-refractivity contribution in [3.8, 4) is 0 Å². The molecular formula is C19H40O5. The van der Waals surface area contributed by atoms with Crippen LogP contribution in [0.3, 0.4) is 0 Å². The molecule has 0 aliphatic heterocycles. The quantitative estimate of drug-likeness (QED) is 0.295. The minimum Gasteiger partial charge on any atom is -0.381 e. The highest BCUT2D eigenvalue weighted by Crippen LogP contribution is 1.93. The highest BCUT2D eigenvalue weighted by Gasteiger charge is 1.94. The average molecular weight is 349 g/mol. The summed E-state index contributed by atoms with van der Waals surface area (Å²) in [6.07, 6.45) is 7.27. The van der Waals surface area contributed by atoms with Crippen molar-refractivity contribution in [2.24, 2.45) is 0 Å². The summed E-state index contributed by atoms with van der Waals surface area (Å²) in [5.74, 6) is 0. The van der Waals surface area contributed by atoms with Gasteiger partial charge in [-0.15, -0.1) is 0 Å². The Morgan fingerprint density at radius 1 is 0.333 bits per heavy atom. The van der Waals surface area contributed by atoms with Gasteiger partial charge < -0.3 is 23.7 Å². The van der Waals surface area contributed by atoms with Gasteiger partial charge in [0.2, 0.25) is 0 Å². The van der Waals surface area contributed by atoms with Crippen molar-refractivity contribution in [3.05, 3.63) is 0 Å². The Hall–Kier alpha value is -0.200. The Kier molecular flexibility index (Phi) is 22.6. The van der Waals surface area contributed by atoms with Crippen molar-refractivity contribution in [1.82, 2.24) is 0 Å². The van der Waals surface area contributed by atoms with Crippen LogP contribution in [-0.2, 0) is 23.7 Å². The van der Waals surface area contributed by atoms with E-state index in [0.717, 1.165) is 105 Å².